The van der Waals surface area contributed by atoms with Gasteiger partial charge in [-0.3, -0.25) is 0 Å². The summed E-state index contributed by atoms with van der Waals surface area (Å²) in [6, 6.07) is 9.71. The standard InChI is InChI=1S/C11H6Br2INO/c12-7-5-8(13)11(15-6-7)16-10-4-2-1-3-9(10)14/h1-6H. The summed E-state index contributed by atoms with van der Waals surface area (Å²) in [7, 11) is 0. The van der Waals surface area contributed by atoms with E-state index in [4.69, 9.17) is 4.74 Å². The zero-order valence-corrected chi connectivity index (χ0v) is 13.3. The molecule has 0 fully saturated rings. The Morgan fingerprint density at radius 2 is 1.94 bits per heavy atom. The van der Waals surface area contributed by atoms with Gasteiger partial charge < -0.3 is 4.74 Å². The first-order valence-electron chi connectivity index (χ1n) is 4.40. The van der Waals surface area contributed by atoms with E-state index in [2.05, 4.69) is 59.4 Å². The van der Waals surface area contributed by atoms with Crippen LogP contribution in [0.15, 0.2) is 45.5 Å². The molecule has 1 aromatic heterocycles. The van der Waals surface area contributed by atoms with E-state index in [1.807, 2.05) is 30.3 Å². The molecule has 2 nitrogen and oxygen atoms in total. The summed E-state index contributed by atoms with van der Waals surface area (Å²) in [5.74, 6) is 1.37. The normalized spacial score (nSPS) is 10.2. The number of aromatic nitrogens is 1. The molecule has 0 bridgehead atoms. The maximum Gasteiger partial charge on any atom is 0.233 e. The molecule has 0 amide bonds. The quantitative estimate of drug-likeness (QED) is 0.595. The topological polar surface area (TPSA) is 22.1 Å². The molecule has 0 atom stereocenters. The van der Waals surface area contributed by atoms with Crippen molar-refractivity contribution in [1.29, 1.82) is 0 Å². The summed E-state index contributed by atoms with van der Waals surface area (Å²) in [5, 5.41) is 0. The van der Waals surface area contributed by atoms with Crippen LogP contribution >= 0.6 is 54.5 Å². The number of pyridine rings is 1. The Morgan fingerprint density at radius 1 is 1.19 bits per heavy atom. The van der Waals surface area contributed by atoms with Gasteiger partial charge in [-0.25, -0.2) is 4.98 Å². The van der Waals surface area contributed by atoms with Crippen LogP contribution < -0.4 is 4.74 Å². The van der Waals surface area contributed by atoms with Gasteiger partial charge in [-0.1, -0.05) is 12.1 Å². The largest absolute Gasteiger partial charge is 0.437 e. The highest BCUT2D eigenvalue weighted by molar-refractivity contribution is 14.1. The molecule has 0 spiro atoms. The minimum Gasteiger partial charge on any atom is -0.437 e. The minimum atomic E-state index is 0.562. The third-order valence-electron chi connectivity index (χ3n) is 1.82. The molecule has 16 heavy (non-hydrogen) atoms. The molecule has 0 radical (unpaired) electrons. The van der Waals surface area contributed by atoms with Crippen molar-refractivity contribution in [2.45, 2.75) is 0 Å². The Kier molecular flexibility index (Phi) is 4.21. The molecule has 0 aliphatic carbocycles. The van der Waals surface area contributed by atoms with Crippen LogP contribution in [0.4, 0.5) is 0 Å². The summed E-state index contributed by atoms with van der Waals surface area (Å²) in [5.41, 5.74) is 0. The van der Waals surface area contributed by atoms with E-state index in [-0.39, 0.29) is 0 Å². The van der Waals surface area contributed by atoms with Gasteiger partial charge in [0.25, 0.3) is 0 Å². The average molecular weight is 455 g/mol. The smallest absolute Gasteiger partial charge is 0.233 e. The van der Waals surface area contributed by atoms with Gasteiger partial charge in [0, 0.05) is 10.7 Å². The second kappa shape index (κ2) is 5.46. The fourth-order valence-electron chi connectivity index (χ4n) is 1.11. The van der Waals surface area contributed by atoms with Crippen LogP contribution in [0.5, 0.6) is 11.6 Å². The predicted octanol–water partition coefficient (Wildman–Crippen LogP) is 5.00. The first-order chi connectivity index (χ1) is 7.66. The van der Waals surface area contributed by atoms with E-state index in [0.717, 1.165) is 18.3 Å². The van der Waals surface area contributed by atoms with Crippen molar-refractivity contribution in [3.63, 3.8) is 0 Å². The monoisotopic (exact) mass is 453 g/mol. The molecule has 5 heteroatoms. The maximum atomic E-state index is 5.71. The molecular formula is C11H6Br2INO. The van der Waals surface area contributed by atoms with Crippen LogP contribution in [0.1, 0.15) is 0 Å². The van der Waals surface area contributed by atoms with Crippen LogP contribution in [0, 0.1) is 3.57 Å². The summed E-state index contributed by atoms with van der Waals surface area (Å²) in [4.78, 5) is 4.19. The van der Waals surface area contributed by atoms with Gasteiger partial charge in [-0.05, 0) is 72.6 Å². The van der Waals surface area contributed by atoms with Gasteiger partial charge in [0.05, 0.1) is 8.04 Å². The molecule has 0 saturated heterocycles. The van der Waals surface area contributed by atoms with Gasteiger partial charge in [0.15, 0.2) is 0 Å². The summed E-state index contributed by atoms with van der Waals surface area (Å²) in [6.07, 6.45) is 1.70. The van der Waals surface area contributed by atoms with E-state index < -0.39 is 0 Å². The fraction of sp³-hybridized carbons (Fsp3) is 0. The van der Waals surface area contributed by atoms with Crippen LogP contribution in [0.25, 0.3) is 0 Å². The summed E-state index contributed by atoms with van der Waals surface area (Å²) >= 11 is 8.98. The first-order valence-corrected chi connectivity index (χ1v) is 7.07. The van der Waals surface area contributed by atoms with Crippen LogP contribution in [-0.2, 0) is 0 Å². The number of para-hydroxylation sites is 1. The van der Waals surface area contributed by atoms with Crippen LogP contribution in [0.3, 0.4) is 0 Å². The highest BCUT2D eigenvalue weighted by Crippen LogP contribution is 2.31. The van der Waals surface area contributed by atoms with E-state index in [1.54, 1.807) is 6.20 Å². The van der Waals surface area contributed by atoms with Crippen molar-refractivity contribution < 1.29 is 4.74 Å². The minimum absolute atomic E-state index is 0.562. The van der Waals surface area contributed by atoms with E-state index >= 15 is 0 Å². The zero-order valence-electron chi connectivity index (χ0n) is 7.95. The molecule has 0 aliphatic rings. The maximum absolute atomic E-state index is 5.71. The SMILES string of the molecule is Brc1cnc(Oc2ccccc2I)c(Br)c1. The Labute approximate surface area is 124 Å². The Morgan fingerprint density at radius 3 is 2.62 bits per heavy atom. The van der Waals surface area contributed by atoms with Gasteiger partial charge in [0.1, 0.15) is 5.75 Å². The molecule has 0 aliphatic heterocycles. The van der Waals surface area contributed by atoms with Crippen LogP contribution in [0.2, 0.25) is 0 Å². The Bertz CT molecular complexity index is 519. The molecule has 1 heterocycles. The van der Waals surface area contributed by atoms with Crippen molar-refractivity contribution >= 4 is 54.5 Å². The van der Waals surface area contributed by atoms with E-state index in [1.165, 1.54) is 0 Å². The lowest BCUT2D eigenvalue weighted by molar-refractivity contribution is 0.456. The summed E-state index contributed by atoms with van der Waals surface area (Å²) in [6.45, 7) is 0. The zero-order chi connectivity index (χ0) is 11.5. The number of rotatable bonds is 2. The number of nitrogens with zero attached hydrogens (tertiary/aromatic N) is 1. The second-order valence-corrected chi connectivity index (χ2v) is 5.91. The molecular weight excluding hydrogens is 449 g/mol. The Hall–Kier alpha value is -0.140. The van der Waals surface area contributed by atoms with Gasteiger partial charge in [-0.2, -0.15) is 0 Å². The van der Waals surface area contributed by atoms with E-state index in [9.17, 15) is 0 Å². The Balaban J connectivity index is 2.31. The van der Waals surface area contributed by atoms with Crippen molar-refractivity contribution in [3.8, 4) is 11.6 Å². The average Bonchev–Trinajstić information content (AvgIpc) is 2.25. The number of hydrogen-bond acceptors (Lipinski definition) is 2. The highest BCUT2D eigenvalue weighted by atomic mass is 127. The van der Waals surface area contributed by atoms with Crippen molar-refractivity contribution in [3.05, 3.63) is 49.0 Å². The lowest BCUT2D eigenvalue weighted by Crippen LogP contribution is -1.90. The number of benzene rings is 1. The molecule has 0 saturated carbocycles. The van der Waals surface area contributed by atoms with Gasteiger partial charge >= 0.3 is 0 Å². The number of ether oxygens (including phenoxy) is 1. The third kappa shape index (κ3) is 2.95. The van der Waals surface area contributed by atoms with Gasteiger partial charge in [-0.15, -0.1) is 0 Å². The van der Waals surface area contributed by atoms with Gasteiger partial charge in [0.2, 0.25) is 5.88 Å². The molecule has 0 unspecified atom stereocenters. The van der Waals surface area contributed by atoms with Crippen molar-refractivity contribution in [2.75, 3.05) is 0 Å². The predicted molar refractivity (Wildman–Crippen MR) is 78.9 cm³/mol. The second-order valence-electron chi connectivity index (χ2n) is 2.97. The summed E-state index contributed by atoms with van der Waals surface area (Å²) < 4.78 is 8.49. The van der Waals surface area contributed by atoms with Crippen LogP contribution in [-0.4, -0.2) is 4.98 Å². The van der Waals surface area contributed by atoms with Crippen molar-refractivity contribution in [1.82, 2.24) is 4.98 Å². The fourth-order valence-corrected chi connectivity index (χ4v) is 2.67. The number of hydrogen-bond donors (Lipinski definition) is 0. The molecule has 2 rings (SSSR count). The molecule has 0 N–H and O–H groups in total. The lowest BCUT2D eigenvalue weighted by atomic mass is 10.3. The van der Waals surface area contributed by atoms with E-state index in [0.29, 0.717) is 5.88 Å². The highest BCUT2D eigenvalue weighted by Gasteiger charge is 2.06. The third-order valence-corrected chi connectivity index (χ3v) is 3.71. The molecule has 2 aromatic rings. The molecule has 1 aromatic carbocycles. The van der Waals surface area contributed by atoms with Crippen molar-refractivity contribution in [2.24, 2.45) is 0 Å². The number of halogens is 3. The lowest BCUT2D eigenvalue weighted by Gasteiger charge is -2.08. The first kappa shape index (κ1) is 12.3. The molecule has 82 valence electrons.